The lowest BCUT2D eigenvalue weighted by Crippen LogP contribution is -2.42. The van der Waals surface area contributed by atoms with Gasteiger partial charge in [0.15, 0.2) is 0 Å². The number of hydrogen-bond donors (Lipinski definition) is 0. The number of furan rings is 1. The van der Waals surface area contributed by atoms with Gasteiger partial charge in [0, 0.05) is 16.2 Å². The molecule has 0 radical (unpaired) electrons. The Morgan fingerprint density at radius 2 is 1.78 bits per heavy atom. The minimum absolute atomic E-state index is 0.0634. The van der Waals surface area contributed by atoms with Crippen LogP contribution in [0.1, 0.15) is 18.2 Å². The maximum absolute atomic E-state index is 13.2. The summed E-state index contributed by atoms with van der Waals surface area (Å²) in [5.74, 6) is -0.726. The van der Waals surface area contributed by atoms with Crippen molar-refractivity contribution in [3.05, 3.63) is 99.5 Å². The molecule has 0 fully saturated rings. The monoisotopic (exact) mass is 446 g/mol. The van der Waals surface area contributed by atoms with Gasteiger partial charge < -0.3 is 4.42 Å². The predicted molar refractivity (Wildman–Crippen MR) is 117 cm³/mol. The Balaban J connectivity index is 1.72. The van der Waals surface area contributed by atoms with Gasteiger partial charge in [-0.25, -0.2) is 4.39 Å². The lowest BCUT2D eigenvalue weighted by molar-refractivity contribution is -0.141. The van der Waals surface area contributed by atoms with E-state index in [2.05, 4.69) is 0 Å². The summed E-state index contributed by atoms with van der Waals surface area (Å²) in [6, 6.07) is 18.0. The van der Waals surface area contributed by atoms with Gasteiger partial charge in [0.1, 0.15) is 29.0 Å². The van der Waals surface area contributed by atoms with Crippen molar-refractivity contribution in [1.82, 2.24) is 4.90 Å². The molecule has 0 aliphatic carbocycles. The van der Waals surface area contributed by atoms with Crippen LogP contribution in [-0.4, -0.2) is 16.7 Å². The van der Waals surface area contributed by atoms with Crippen molar-refractivity contribution in [2.24, 2.45) is 0 Å². The zero-order valence-electron chi connectivity index (χ0n) is 16.9. The summed E-state index contributed by atoms with van der Waals surface area (Å²) in [6.45, 7) is 1.49. The zero-order valence-corrected chi connectivity index (χ0v) is 17.7. The van der Waals surface area contributed by atoms with Gasteiger partial charge in [-0.3, -0.25) is 14.5 Å². The van der Waals surface area contributed by atoms with E-state index in [-0.39, 0.29) is 29.1 Å². The summed E-state index contributed by atoms with van der Waals surface area (Å²) >= 11 is 6.20. The van der Waals surface area contributed by atoms with Crippen molar-refractivity contribution in [3.63, 3.8) is 0 Å². The molecular weight excluding hydrogens is 431 g/mol. The Morgan fingerprint density at radius 3 is 2.47 bits per heavy atom. The molecule has 2 amide bonds. The maximum Gasteiger partial charge on any atom is 0.271 e. The van der Waals surface area contributed by atoms with Crippen LogP contribution in [0.25, 0.3) is 17.4 Å². The molecule has 7 heteroatoms. The third-order valence-electron chi connectivity index (χ3n) is 5.15. The average molecular weight is 447 g/mol. The van der Waals surface area contributed by atoms with E-state index in [9.17, 15) is 19.2 Å². The number of carbonyl (C=O) groups excluding carboxylic acids is 2. The molecule has 2 heterocycles. The molecule has 0 N–H and O–H groups in total. The Morgan fingerprint density at radius 1 is 1.06 bits per heavy atom. The number of hydrogen-bond acceptors (Lipinski definition) is 4. The molecule has 0 saturated carbocycles. The lowest BCUT2D eigenvalue weighted by atomic mass is 9.94. The summed E-state index contributed by atoms with van der Waals surface area (Å²) in [7, 11) is 0. The van der Waals surface area contributed by atoms with Crippen molar-refractivity contribution < 1.29 is 18.4 Å². The normalized spacial score (nSPS) is 15.4. The summed E-state index contributed by atoms with van der Waals surface area (Å²) in [5.41, 5.74) is 1.59. The van der Waals surface area contributed by atoms with Crippen molar-refractivity contribution in [2.45, 2.75) is 13.5 Å². The number of halogens is 2. The number of benzene rings is 2. The van der Waals surface area contributed by atoms with Crippen LogP contribution in [0.3, 0.4) is 0 Å². The molecular formula is C25H16ClFN2O3. The van der Waals surface area contributed by atoms with E-state index in [1.165, 1.54) is 18.2 Å². The van der Waals surface area contributed by atoms with E-state index in [0.29, 0.717) is 27.7 Å². The fraction of sp³-hybridized carbons (Fsp3) is 0.0800. The minimum Gasteiger partial charge on any atom is -0.457 e. The highest BCUT2D eigenvalue weighted by Crippen LogP contribution is 2.31. The van der Waals surface area contributed by atoms with Gasteiger partial charge in [-0.05, 0) is 66.6 Å². The Hall–Kier alpha value is -3.95. The summed E-state index contributed by atoms with van der Waals surface area (Å²) in [4.78, 5) is 27.0. The fourth-order valence-electron chi connectivity index (χ4n) is 3.41. The highest BCUT2D eigenvalue weighted by Gasteiger charge is 2.36. The molecule has 3 aromatic rings. The number of amides is 2. The molecule has 0 unspecified atom stereocenters. The molecule has 1 aromatic heterocycles. The van der Waals surface area contributed by atoms with Gasteiger partial charge >= 0.3 is 0 Å². The second-order valence-corrected chi connectivity index (χ2v) is 7.57. The van der Waals surface area contributed by atoms with Crippen LogP contribution in [-0.2, 0) is 16.1 Å². The quantitative estimate of drug-likeness (QED) is 0.390. The first-order chi connectivity index (χ1) is 15.4. The molecule has 2 aromatic carbocycles. The predicted octanol–water partition coefficient (Wildman–Crippen LogP) is 5.53. The fourth-order valence-corrected chi connectivity index (χ4v) is 3.61. The number of carbonyl (C=O) groups is 2. The van der Waals surface area contributed by atoms with Gasteiger partial charge in [-0.2, -0.15) is 5.26 Å². The number of nitrogens with zero attached hydrogens (tertiary/aromatic N) is 2. The van der Waals surface area contributed by atoms with Crippen LogP contribution in [0, 0.1) is 17.1 Å². The summed E-state index contributed by atoms with van der Waals surface area (Å²) < 4.78 is 19.0. The highest BCUT2D eigenvalue weighted by molar-refractivity contribution is 6.31. The first-order valence-corrected chi connectivity index (χ1v) is 10.0. The third-order valence-corrected chi connectivity index (χ3v) is 5.52. The van der Waals surface area contributed by atoms with Crippen molar-refractivity contribution in [3.8, 4) is 17.4 Å². The molecule has 158 valence electrons. The molecule has 0 atom stereocenters. The second-order valence-electron chi connectivity index (χ2n) is 7.17. The van der Waals surface area contributed by atoms with Gasteiger partial charge in [0.25, 0.3) is 11.8 Å². The minimum atomic E-state index is -0.668. The van der Waals surface area contributed by atoms with Crippen molar-refractivity contribution in [1.29, 1.82) is 5.26 Å². The van der Waals surface area contributed by atoms with E-state index in [0.717, 1.165) is 4.90 Å². The van der Waals surface area contributed by atoms with E-state index < -0.39 is 11.8 Å². The third kappa shape index (κ3) is 3.98. The first kappa shape index (κ1) is 21.3. The second kappa shape index (κ2) is 8.66. The highest BCUT2D eigenvalue weighted by atomic mass is 35.5. The zero-order chi connectivity index (χ0) is 22.8. The molecule has 0 spiro atoms. The smallest absolute Gasteiger partial charge is 0.271 e. The number of nitriles is 1. The number of imide groups is 1. The standard InChI is InChI=1S/C25H16ClFN2O3/c1-15-20(12-19-10-11-23(32-19)16-6-8-18(27)9-7-16)24(30)29(25(31)21(15)13-28)14-17-4-2-3-5-22(17)26/h2-12H,14H2,1H3/b20-12+. The van der Waals surface area contributed by atoms with Crippen LogP contribution >= 0.6 is 11.6 Å². The first-order valence-electron chi connectivity index (χ1n) is 9.67. The van der Waals surface area contributed by atoms with E-state index in [4.69, 9.17) is 16.0 Å². The van der Waals surface area contributed by atoms with Crippen LogP contribution in [0.15, 0.2) is 81.8 Å². The Bertz CT molecular complexity index is 1330. The SMILES string of the molecule is CC1=C(C#N)C(=O)N(Cc2ccccc2Cl)C(=O)/C1=C/c1ccc(-c2ccc(F)cc2)o1. The molecule has 0 bridgehead atoms. The molecule has 1 aliphatic rings. The Kier molecular flexibility index (Phi) is 5.76. The van der Waals surface area contributed by atoms with Crippen LogP contribution in [0.2, 0.25) is 5.02 Å². The molecule has 32 heavy (non-hydrogen) atoms. The van der Waals surface area contributed by atoms with Gasteiger partial charge in [-0.1, -0.05) is 29.8 Å². The number of rotatable bonds is 4. The molecule has 1 aliphatic heterocycles. The summed E-state index contributed by atoms with van der Waals surface area (Å²) in [6.07, 6.45) is 1.49. The van der Waals surface area contributed by atoms with Crippen LogP contribution in [0.5, 0.6) is 0 Å². The maximum atomic E-state index is 13.2. The molecule has 5 nitrogen and oxygen atoms in total. The van der Waals surface area contributed by atoms with E-state index in [1.54, 1.807) is 55.5 Å². The van der Waals surface area contributed by atoms with Crippen LogP contribution < -0.4 is 0 Å². The average Bonchev–Trinajstić information content (AvgIpc) is 3.25. The molecule has 4 rings (SSSR count). The van der Waals surface area contributed by atoms with Crippen LogP contribution in [0.4, 0.5) is 4.39 Å². The van der Waals surface area contributed by atoms with Crippen molar-refractivity contribution in [2.75, 3.05) is 0 Å². The van der Waals surface area contributed by atoms with Gasteiger partial charge in [-0.15, -0.1) is 0 Å². The largest absolute Gasteiger partial charge is 0.457 e. The summed E-state index contributed by atoms with van der Waals surface area (Å²) in [5, 5.41) is 9.96. The van der Waals surface area contributed by atoms with E-state index >= 15 is 0 Å². The topological polar surface area (TPSA) is 74.3 Å². The Labute approximate surface area is 188 Å². The van der Waals surface area contributed by atoms with Crippen molar-refractivity contribution >= 4 is 29.5 Å². The van der Waals surface area contributed by atoms with E-state index in [1.807, 2.05) is 6.07 Å². The lowest BCUT2D eigenvalue weighted by Gasteiger charge is -2.27. The van der Waals surface area contributed by atoms with Gasteiger partial charge in [0.05, 0.1) is 6.54 Å². The molecule has 0 saturated heterocycles. The van der Waals surface area contributed by atoms with Gasteiger partial charge in [0.2, 0.25) is 0 Å².